The molecular formula is C21H24ClF2NO2. The third-order valence-corrected chi connectivity index (χ3v) is 4.46. The number of hydrogen-bond donors (Lipinski definition) is 1. The molecule has 0 saturated heterocycles. The Morgan fingerprint density at radius 1 is 1.19 bits per heavy atom. The second kappa shape index (κ2) is 9.70. The van der Waals surface area contributed by atoms with Gasteiger partial charge in [0, 0.05) is 16.6 Å². The van der Waals surface area contributed by atoms with Crippen molar-refractivity contribution in [2.45, 2.75) is 51.2 Å². The molecule has 2 aromatic rings. The molecule has 0 heterocycles. The zero-order valence-electron chi connectivity index (χ0n) is 15.4. The lowest BCUT2D eigenvalue weighted by atomic mass is 9.97. The summed E-state index contributed by atoms with van der Waals surface area (Å²) >= 11 is 5.87. The van der Waals surface area contributed by atoms with E-state index < -0.39 is 18.1 Å². The molecule has 1 N–H and O–H groups in total. The number of amides is 1. The number of alkyl halides is 2. The highest BCUT2D eigenvalue weighted by molar-refractivity contribution is 6.30. The van der Waals surface area contributed by atoms with Gasteiger partial charge in [-0.25, -0.2) is 4.79 Å². The summed E-state index contributed by atoms with van der Waals surface area (Å²) in [4.78, 5) is 12.3. The highest BCUT2D eigenvalue weighted by Crippen LogP contribution is 2.43. The number of hydrogen-bond acceptors (Lipinski definition) is 2. The molecule has 3 nitrogen and oxygen atoms in total. The minimum Gasteiger partial charge on any atom is -0.434 e. The quantitative estimate of drug-likeness (QED) is 0.555. The number of carbonyl (C=O) groups is 1. The van der Waals surface area contributed by atoms with Gasteiger partial charge < -0.3 is 10.1 Å². The van der Waals surface area contributed by atoms with Crippen molar-refractivity contribution in [3.8, 4) is 0 Å². The summed E-state index contributed by atoms with van der Waals surface area (Å²) in [7, 11) is 0. The van der Waals surface area contributed by atoms with Gasteiger partial charge >= 0.3 is 12.0 Å². The van der Waals surface area contributed by atoms with E-state index in [1.807, 2.05) is 13.8 Å². The summed E-state index contributed by atoms with van der Waals surface area (Å²) in [6.07, 6.45) is 0.0411. The third-order valence-electron chi connectivity index (χ3n) is 4.22. The average molecular weight is 396 g/mol. The number of unbranched alkanes of at least 4 members (excludes halogenated alkanes) is 1. The minimum absolute atomic E-state index is 0.159. The van der Waals surface area contributed by atoms with Crippen molar-refractivity contribution < 1.29 is 18.3 Å². The van der Waals surface area contributed by atoms with Gasteiger partial charge in [0.1, 0.15) is 0 Å². The Kier molecular flexibility index (Phi) is 7.60. The molecule has 27 heavy (non-hydrogen) atoms. The minimum atomic E-state index is -3.45. The molecule has 0 fully saturated rings. The van der Waals surface area contributed by atoms with Crippen molar-refractivity contribution in [2.24, 2.45) is 0 Å². The molecule has 0 aromatic heterocycles. The topological polar surface area (TPSA) is 38.3 Å². The lowest BCUT2D eigenvalue weighted by molar-refractivity contribution is -0.120. The van der Waals surface area contributed by atoms with E-state index in [4.69, 9.17) is 16.3 Å². The Labute approximate surface area is 163 Å². The zero-order valence-corrected chi connectivity index (χ0v) is 16.2. The summed E-state index contributed by atoms with van der Waals surface area (Å²) < 4.78 is 35.6. The zero-order chi connectivity index (χ0) is 19.9. The first-order valence-electron chi connectivity index (χ1n) is 9.00. The number of alkyl carbamates (subject to hydrolysis) is 1. The molecule has 0 aliphatic carbocycles. The van der Waals surface area contributed by atoms with Crippen molar-refractivity contribution in [3.05, 3.63) is 70.7 Å². The van der Waals surface area contributed by atoms with Crippen LogP contribution in [0.15, 0.2) is 54.6 Å². The summed E-state index contributed by atoms with van der Waals surface area (Å²) in [6.45, 7) is 3.87. The number of benzene rings is 2. The molecule has 2 aromatic carbocycles. The fraction of sp³-hybridized carbons (Fsp3) is 0.381. The van der Waals surface area contributed by atoms with Gasteiger partial charge in [-0.1, -0.05) is 73.8 Å². The van der Waals surface area contributed by atoms with Crippen molar-refractivity contribution in [1.29, 1.82) is 0 Å². The van der Waals surface area contributed by atoms with Crippen LogP contribution in [0.25, 0.3) is 0 Å². The van der Waals surface area contributed by atoms with Gasteiger partial charge in [0.05, 0.1) is 0 Å². The Morgan fingerprint density at radius 2 is 1.89 bits per heavy atom. The van der Waals surface area contributed by atoms with E-state index in [1.165, 1.54) is 36.4 Å². The van der Waals surface area contributed by atoms with E-state index in [0.717, 1.165) is 19.3 Å². The largest absolute Gasteiger partial charge is 0.434 e. The molecule has 0 bridgehead atoms. The maximum Gasteiger partial charge on any atom is 0.408 e. The van der Waals surface area contributed by atoms with E-state index >= 15 is 8.78 Å². The van der Waals surface area contributed by atoms with Gasteiger partial charge in [0.25, 0.3) is 0 Å². The van der Waals surface area contributed by atoms with Crippen LogP contribution in [0.4, 0.5) is 13.6 Å². The molecule has 0 radical (unpaired) electrons. The predicted molar refractivity (Wildman–Crippen MR) is 103 cm³/mol. The van der Waals surface area contributed by atoms with Gasteiger partial charge in [-0.3, -0.25) is 0 Å². The van der Waals surface area contributed by atoms with Crippen molar-refractivity contribution in [3.63, 3.8) is 0 Å². The lowest BCUT2D eigenvalue weighted by Gasteiger charge is -2.28. The summed E-state index contributed by atoms with van der Waals surface area (Å²) in [5.74, 6) is -3.45. The van der Waals surface area contributed by atoms with Gasteiger partial charge in [0.15, 0.2) is 6.10 Å². The normalized spacial score (nSPS) is 13.7. The lowest BCUT2D eigenvalue weighted by Crippen LogP contribution is -2.37. The Morgan fingerprint density at radius 3 is 2.52 bits per heavy atom. The first-order chi connectivity index (χ1) is 12.8. The van der Waals surface area contributed by atoms with Crippen LogP contribution in [0.2, 0.25) is 5.02 Å². The molecule has 1 unspecified atom stereocenters. The van der Waals surface area contributed by atoms with Crippen LogP contribution >= 0.6 is 11.6 Å². The van der Waals surface area contributed by atoms with Crippen LogP contribution in [-0.2, 0) is 10.7 Å². The first-order valence-corrected chi connectivity index (χ1v) is 9.38. The summed E-state index contributed by atoms with van der Waals surface area (Å²) in [5, 5.41) is 2.82. The van der Waals surface area contributed by atoms with Crippen LogP contribution < -0.4 is 5.32 Å². The molecule has 0 spiro atoms. The van der Waals surface area contributed by atoms with Crippen LogP contribution in [0.5, 0.6) is 0 Å². The Balaban J connectivity index is 2.25. The van der Waals surface area contributed by atoms with E-state index in [9.17, 15) is 4.79 Å². The molecule has 0 aliphatic heterocycles. The van der Waals surface area contributed by atoms with Crippen LogP contribution in [-0.4, -0.2) is 12.1 Å². The van der Waals surface area contributed by atoms with Crippen molar-refractivity contribution in [1.82, 2.24) is 5.32 Å². The Bertz CT molecular complexity index is 740. The highest BCUT2D eigenvalue weighted by Gasteiger charge is 2.45. The molecule has 2 rings (SSSR count). The number of nitrogens with one attached hydrogen (secondary N) is 1. The highest BCUT2D eigenvalue weighted by atomic mass is 35.5. The van der Waals surface area contributed by atoms with Crippen molar-refractivity contribution in [2.75, 3.05) is 0 Å². The van der Waals surface area contributed by atoms with Crippen LogP contribution in [0.3, 0.4) is 0 Å². The molecular weight excluding hydrogens is 372 g/mol. The Hall–Kier alpha value is -2.14. The summed E-state index contributed by atoms with van der Waals surface area (Å²) in [6, 6.07) is 13.2. The molecule has 1 amide bonds. The van der Waals surface area contributed by atoms with Crippen LogP contribution in [0, 0.1) is 0 Å². The second-order valence-corrected chi connectivity index (χ2v) is 6.95. The molecule has 0 aliphatic rings. The molecule has 0 saturated carbocycles. The fourth-order valence-corrected chi connectivity index (χ4v) is 2.94. The van der Waals surface area contributed by atoms with E-state index in [1.54, 1.807) is 18.2 Å². The number of ether oxygens (including phenoxy) is 1. The number of rotatable bonds is 8. The van der Waals surface area contributed by atoms with E-state index in [2.05, 4.69) is 5.32 Å². The SMILES string of the molecule is CCCC[C@H](C)NC(=O)OC(c1ccccc1)C(F)(F)c1cccc(Cl)c1. The standard InChI is InChI=1S/C21H24ClF2NO2/c1-3-4-9-15(2)25-20(26)27-19(16-10-6-5-7-11-16)21(23,24)17-12-8-13-18(22)14-17/h5-8,10-15,19H,3-4,9H2,1-2H3,(H,25,26)/t15-,19?/m0/s1. The molecule has 6 heteroatoms. The van der Waals surface area contributed by atoms with Gasteiger partial charge in [-0.2, -0.15) is 8.78 Å². The monoisotopic (exact) mass is 395 g/mol. The van der Waals surface area contributed by atoms with E-state index in [-0.39, 0.29) is 22.2 Å². The fourth-order valence-electron chi connectivity index (χ4n) is 2.75. The van der Waals surface area contributed by atoms with Crippen molar-refractivity contribution >= 4 is 17.7 Å². The maximum atomic E-state index is 15.2. The van der Waals surface area contributed by atoms with Gasteiger partial charge in [-0.15, -0.1) is 0 Å². The van der Waals surface area contributed by atoms with Crippen LogP contribution in [0.1, 0.15) is 50.3 Å². The predicted octanol–water partition coefficient (Wildman–Crippen LogP) is 6.48. The number of halogens is 3. The molecule has 146 valence electrons. The average Bonchev–Trinajstić information content (AvgIpc) is 2.65. The molecule has 2 atom stereocenters. The summed E-state index contributed by atoms with van der Waals surface area (Å²) in [5.41, 5.74) is -0.102. The van der Waals surface area contributed by atoms with E-state index in [0.29, 0.717) is 0 Å². The van der Waals surface area contributed by atoms with Gasteiger partial charge in [0.2, 0.25) is 0 Å². The first kappa shape index (κ1) is 21.2. The third kappa shape index (κ3) is 5.93. The maximum absolute atomic E-state index is 15.2. The van der Waals surface area contributed by atoms with Gasteiger partial charge in [-0.05, 0) is 31.0 Å². The smallest absolute Gasteiger partial charge is 0.408 e. The second-order valence-electron chi connectivity index (χ2n) is 6.52. The number of carbonyl (C=O) groups excluding carboxylic acids is 1.